The van der Waals surface area contributed by atoms with E-state index in [2.05, 4.69) is 5.32 Å². The van der Waals surface area contributed by atoms with Gasteiger partial charge in [-0.2, -0.15) is 5.26 Å². The maximum atomic E-state index is 10.2. The molecule has 0 unspecified atom stereocenters. The predicted octanol–water partition coefficient (Wildman–Crippen LogP) is -0.245. The molecule has 0 saturated carbocycles. The zero-order chi connectivity index (χ0) is 8.53. The number of carbonyl (C=O) groups excluding carboxylic acids is 1. The van der Waals surface area contributed by atoms with Crippen LogP contribution in [-0.2, 0) is 4.79 Å². The minimum absolute atomic E-state index is 0.259. The van der Waals surface area contributed by atoms with E-state index >= 15 is 0 Å². The van der Waals surface area contributed by atoms with Gasteiger partial charge in [-0.1, -0.05) is 0 Å². The van der Waals surface area contributed by atoms with E-state index in [-0.39, 0.29) is 5.91 Å². The van der Waals surface area contributed by atoms with Gasteiger partial charge < -0.3 is 11.1 Å². The Morgan fingerprint density at radius 3 is 2.82 bits per heavy atom. The Morgan fingerprint density at radius 2 is 2.27 bits per heavy atom. The molecule has 0 heterocycles. The molecule has 0 aliphatic rings. The second-order valence-electron chi connectivity index (χ2n) is 2.26. The summed E-state index contributed by atoms with van der Waals surface area (Å²) in [6, 6.07) is 1.96. The fourth-order valence-electron chi connectivity index (χ4n) is 0.694. The number of nitriles is 1. The molecule has 0 fully saturated rings. The molecule has 0 radical (unpaired) electrons. The van der Waals surface area contributed by atoms with Crippen LogP contribution in [0.1, 0.15) is 19.3 Å². The molecule has 0 saturated heterocycles. The zero-order valence-electron chi connectivity index (χ0n) is 6.47. The zero-order valence-corrected chi connectivity index (χ0v) is 6.47. The van der Waals surface area contributed by atoms with Gasteiger partial charge in [0.1, 0.15) is 0 Å². The molecule has 0 aliphatic heterocycles. The Hall–Kier alpha value is -1.08. The number of unbranched alkanes of at least 4 members (excludes halogenated alkanes) is 1. The van der Waals surface area contributed by atoms with E-state index in [0.29, 0.717) is 13.0 Å². The molecule has 0 aromatic carbocycles. The summed E-state index contributed by atoms with van der Waals surface area (Å²) in [5, 5.41) is 11.0. The minimum atomic E-state index is -0.259. The minimum Gasteiger partial charge on any atom is -0.370 e. The second-order valence-corrected chi connectivity index (χ2v) is 2.26. The molecule has 0 atom stereocenters. The Bertz CT molecular complexity index is 150. The number of nitrogens with two attached hydrogens (primary N) is 1. The number of hydrogen-bond acceptors (Lipinski definition) is 3. The summed E-state index contributed by atoms with van der Waals surface area (Å²) in [5.41, 5.74) is 4.92. The molecule has 0 spiro atoms. The standard InChI is InChI=1S/C7H13N3O/c8-4-6-10-5-2-1-3-7(9)11/h10H,1-3,5-6H2,(H2,9,11). The van der Waals surface area contributed by atoms with Crippen molar-refractivity contribution < 1.29 is 4.79 Å². The quantitative estimate of drug-likeness (QED) is 0.410. The van der Waals surface area contributed by atoms with Crippen LogP contribution in [0.3, 0.4) is 0 Å². The number of nitrogens with one attached hydrogen (secondary N) is 1. The largest absolute Gasteiger partial charge is 0.370 e. The summed E-state index contributed by atoms with van der Waals surface area (Å²) in [4.78, 5) is 10.2. The Kier molecular flexibility index (Phi) is 6.34. The van der Waals surface area contributed by atoms with Gasteiger partial charge in [0.2, 0.25) is 5.91 Å². The van der Waals surface area contributed by atoms with Crippen LogP contribution in [0.25, 0.3) is 0 Å². The normalized spacial score (nSPS) is 9.00. The van der Waals surface area contributed by atoms with E-state index in [0.717, 1.165) is 19.4 Å². The average Bonchev–Trinajstić information content (AvgIpc) is 1.96. The fraction of sp³-hybridized carbons (Fsp3) is 0.714. The molecular weight excluding hydrogens is 142 g/mol. The first kappa shape index (κ1) is 9.92. The monoisotopic (exact) mass is 155 g/mol. The van der Waals surface area contributed by atoms with Crippen molar-refractivity contribution in [1.82, 2.24) is 5.32 Å². The van der Waals surface area contributed by atoms with E-state index < -0.39 is 0 Å². The van der Waals surface area contributed by atoms with Crippen LogP contribution < -0.4 is 11.1 Å². The molecule has 0 bridgehead atoms. The summed E-state index contributed by atoms with van der Waals surface area (Å²) >= 11 is 0. The third-order valence-electron chi connectivity index (χ3n) is 1.23. The van der Waals surface area contributed by atoms with Crippen molar-refractivity contribution in [2.45, 2.75) is 19.3 Å². The van der Waals surface area contributed by atoms with Crippen molar-refractivity contribution in [1.29, 1.82) is 5.26 Å². The van der Waals surface area contributed by atoms with Crippen molar-refractivity contribution in [3.8, 4) is 6.07 Å². The molecule has 3 N–H and O–H groups in total. The summed E-state index contributed by atoms with van der Waals surface area (Å²) < 4.78 is 0. The van der Waals surface area contributed by atoms with Gasteiger partial charge >= 0.3 is 0 Å². The van der Waals surface area contributed by atoms with Crippen LogP contribution in [0.5, 0.6) is 0 Å². The Balaban J connectivity index is 2.92. The highest BCUT2D eigenvalue weighted by Gasteiger charge is 1.92. The predicted molar refractivity (Wildman–Crippen MR) is 41.5 cm³/mol. The summed E-state index contributed by atoms with van der Waals surface area (Å²) in [6.07, 6.45) is 2.13. The number of carbonyl (C=O) groups is 1. The summed E-state index contributed by atoms with van der Waals surface area (Å²) in [6.45, 7) is 1.15. The summed E-state index contributed by atoms with van der Waals surface area (Å²) in [7, 11) is 0. The van der Waals surface area contributed by atoms with Crippen LogP contribution in [-0.4, -0.2) is 19.0 Å². The average molecular weight is 155 g/mol. The lowest BCUT2D eigenvalue weighted by molar-refractivity contribution is -0.118. The number of nitrogens with zero attached hydrogens (tertiary/aromatic N) is 1. The lowest BCUT2D eigenvalue weighted by atomic mass is 10.2. The van der Waals surface area contributed by atoms with Gasteiger partial charge in [0, 0.05) is 6.42 Å². The number of hydrogen-bond donors (Lipinski definition) is 2. The van der Waals surface area contributed by atoms with E-state index in [1.54, 1.807) is 0 Å². The van der Waals surface area contributed by atoms with Gasteiger partial charge in [-0.05, 0) is 19.4 Å². The molecule has 0 aromatic heterocycles. The van der Waals surface area contributed by atoms with E-state index in [1.165, 1.54) is 0 Å². The first-order chi connectivity index (χ1) is 5.27. The van der Waals surface area contributed by atoms with Gasteiger partial charge in [0.25, 0.3) is 0 Å². The molecule has 0 aliphatic carbocycles. The van der Waals surface area contributed by atoms with Crippen LogP contribution in [0.15, 0.2) is 0 Å². The highest BCUT2D eigenvalue weighted by Crippen LogP contribution is 1.91. The molecule has 62 valence electrons. The Labute approximate surface area is 66.4 Å². The van der Waals surface area contributed by atoms with Crippen molar-refractivity contribution in [3.05, 3.63) is 0 Å². The number of rotatable bonds is 6. The molecule has 1 amide bonds. The highest BCUT2D eigenvalue weighted by molar-refractivity contribution is 5.73. The van der Waals surface area contributed by atoms with E-state index in [9.17, 15) is 4.79 Å². The van der Waals surface area contributed by atoms with Crippen molar-refractivity contribution >= 4 is 5.91 Å². The maximum absolute atomic E-state index is 10.2. The third-order valence-corrected chi connectivity index (χ3v) is 1.23. The maximum Gasteiger partial charge on any atom is 0.217 e. The topological polar surface area (TPSA) is 78.9 Å². The molecule has 0 rings (SSSR count). The molecule has 0 aromatic rings. The van der Waals surface area contributed by atoms with Gasteiger partial charge in [0.15, 0.2) is 0 Å². The van der Waals surface area contributed by atoms with Gasteiger partial charge in [-0.15, -0.1) is 0 Å². The Morgan fingerprint density at radius 1 is 1.55 bits per heavy atom. The van der Waals surface area contributed by atoms with E-state index in [4.69, 9.17) is 11.0 Å². The molecule has 4 nitrogen and oxygen atoms in total. The lowest BCUT2D eigenvalue weighted by Crippen LogP contribution is -2.16. The van der Waals surface area contributed by atoms with Crippen LogP contribution >= 0.6 is 0 Å². The molecule has 11 heavy (non-hydrogen) atoms. The van der Waals surface area contributed by atoms with Gasteiger partial charge in [-0.3, -0.25) is 4.79 Å². The smallest absolute Gasteiger partial charge is 0.217 e. The molecule has 4 heteroatoms. The first-order valence-corrected chi connectivity index (χ1v) is 3.63. The fourth-order valence-corrected chi connectivity index (χ4v) is 0.694. The van der Waals surface area contributed by atoms with Crippen LogP contribution in [0, 0.1) is 11.3 Å². The van der Waals surface area contributed by atoms with Crippen molar-refractivity contribution in [2.75, 3.05) is 13.1 Å². The highest BCUT2D eigenvalue weighted by atomic mass is 16.1. The summed E-state index contributed by atoms with van der Waals surface area (Å²) in [5.74, 6) is -0.259. The van der Waals surface area contributed by atoms with E-state index in [1.807, 2.05) is 6.07 Å². The first-order valence-electron chi connectivity index (χ1n) is 3.63. The third kappa shape index (κ3) is 8.92. The van der Waals surface area contributed by atoms with Crippen molar-refractivity contribution in [3.63, 3.8) is 0 Å². The lowest BCUT2D eigenvalue weighted by Gasteiger charge is -1.97. The van der Waals surface area contributed by atoms with Crippen LogP contribution in [0.2, 0.25) is 0 Å². The van der Waals surface area contributed by atoms with Gasteiger partial charge in [0.05, 0.1) is 12.6 Å². The molecular formula is C7H13N3O. The SMILES string of the molecule is N#CCNCCCCC(N)=O. The van der Waals surface area contributed by atoms with Crippen LogP contribution in [0.4, 0.5) is 0 Å². The van der Waals surface area contributed by atoms with Crippen molar-refractivity contribution in [2.24, 2.45) is 5.73 Å². The van der Waals surface area contributed by atoms with Gasteiger partial charge in [-0.25, -0.2) is 0 Å². The number of amides is 1. The number of primary amides is 1. The second kappa shape index (κ2) is 7.03.